The summed E-state index contributed by atoms with van der Waals surface area (Å²) < 4.78 is 28.0. The van der Waals surface area contributed by atoms with E-state index in [2.05, 4.69) is 5.32 Å². The number of carbonyl (C=O) groups excluding carboxylic acids is 3. The van der Waals surface area contributed by atoms with Gasteiger partial charge in [-0.25, -0.2) is 8.78 Å². The normalized spacial score (nSPS) is 13.4. The number of hydrogen-bond donors (Lipinski definition) is 3. The van der Waals surface area contributed by atoms with E-state index in [4.69, 9.17) is 5.73 Å². The smallest absolute Gasteiger partial charge is 0.246 e. The monoisotopic (exact) mass is 676 g/mol. The van der Waals surface area contributed by atoms with E-state index in [1.54, 1.807) is 20.9 Å². The van der Waals surface area contributed by atoms with Crippen molar-refractivity contribution in [3.63, 3.8) is 0 Å². The predicted octanol–water partition coefficient (Wildman–Crippen LogP) is 5.28. The number of nitrogens with one attached hydrogen (secondary N) is 1. The number of nitrogens with two attached hydrogens (primary N) is 1. The highest BCUT2D eigenvalue weighted by atomic mass is 19.2. The molecule has 0 saturated carbocycles. The van der Waals surface area contributed by atoms with E-state index in [0.717, 1.165) is 34.4 Å². The van der Waals surface area contributed by atoms with Gasteiger partial charge in [0, 0.05) is 57.1 Å². The first-order chi connectivity index (χ1) is 22.9. The molecule has 0 aliphatic carbocycles. The van der Waals surface area contributed by atoms with Crippen LogP contribution < -0.4 is 11.1 Å². The van der Waals surface area contributed by atoms with Gasteiger partial charge in [-0.15, -0.1) is 0 Å². The fraction of sp³-hybridized carbons (Fsp3) is 0.410. The van der Waals surface area contributed by atoms with Crippen LogP contribution in [-0.4, -0.2) is 77.5 Å². The first kappa shape index (κ1) is 39.0. The van der Waals surface area contributed by atoms with E-state index in [1.165, 1.54) is 29.0 Å². The number of aliphatic hydroxyl groups is 1. The molecule has 0 aliphatic rings. The summed E-state index contributed by atoms with van der Waals surface area (Å²) in [5.41, 5.74) is 8.86. The van der Waals surface area contributed by atoms with Crippen molar-refractivity contribution >= 4 is 17.7 Å². The number of benzene rings is 3. The van der Waals surface area contributed by atoms with Crippen LogP contribution in [0.4, 0.5) is 8.78 Å². The average Bonchev–Trinajstić information content (AvgIpc) is 3.05. The minimum Gasteiger partial charge on any atom is -0.396 e. The minimum absolute atomic E-state index is 0.107. The van der Waals surface area contributed by atoms with E-state index < -0.39 is 52.4 Å². The molecule has 49 heavy (non-hydrogen) atoms. The van der Waals surface area contributed by atoms with Crippen molar-refractivity contribution in [3.05, 3.63) is 107 Å². The Bertz CT molecular complexity index is 1620. The molecule has 0 heterocycles. The van der Waals surface area contributed by atoms with Gasteiger partial charge in [-0.3, -0.25) is 14.4 Å². The van der Waals surface area contributed by atoms with Crippen molar-refractivity contribution < 1.29 is 28.3 Å². The number of amides is 3. The van der Waals surface area contributed by atoms with Crippen LogP contribution in [0.5, 0.6) is 0 Å². The standard InChI is InChI=1S/C39H50F2N4O4/c1-26(23-39(4,5)42)19-35(47)44(6)34(21-27-13-16-30(17-14-27)29-11-9-8-10-12-29)37(49)45(7)33(36(48)43-24-38(2,3)25-46)22-28-15-18-31(40)32(41)20-28/h8-20,33-34,46H,21-25,42H2,1-7H3,(H,43,48)/t33-,34-/m1/s1. The third kappa shape index (κ3) is 11.6. The zero-order valence-corrected chi connectivity index (χ0v) is 29.6. The molecular formula is C39H50F2N4O4. The number of likely N-dealkylation sites (N-methyl/N-ethyl adjacent to an activating group) is 2. The summed E-state index contributed by atoms with van der Waals surface area (Å²) in [7, 11) is 3.01. The van der Waals surface area contributed by atoms with Crippen molar-refractivity contribution in [1.29, 1.82) is 0 Å². The van der Waals surface area contributed by atoms with Gasteiger partial charge in [0.1, 0.15) is 12.1 Å². The summed E-state index contributed by atoms with van der Waals surface area (Å²) in [5.74, 6) is -3.56. The van der Waals surface area contributed by atoms with Gasteiger partial charge in [-0.2, -0.15) is 0 Å². The fourth-order valence-corrected chi connectivity index (χ4v) is 5.50. The molecular weight excluding hydrogens is 626 g/mol. The largest absolute Gasteiger partial charge is 0.396 e. The molecule has 10 heteroatoms. The molecule has 0 spiro atoms. The second kappa shape index (κ2) is 16.8. The highest BCUT2D eigenvalue weighted by Gasteiger charge is 2.35. The first-order valence-corrected chi connectivity index (χ1v) is 16.4. The second-order valence-corrected chi connectivity index (χ2v) is 14.3. The van der Waals surface area contributed by atoms with Crippen LogP contribution in [0.2, 0.25) is 0 Å². The molecule has 0 aromatic heterocycles. The van der Waals surface area contributed by atoms with Gasteiger partial charge in [0.05, 0.1) is 0 Å². The quantitative estimate of drug-likeness (QED) is 0.190. The maximum Gasteiger partial charge on any atom is 0.246 e. The molecule has 0 bridgehead atoms. The molecule has 3 amide bonds. The highest BCUT2D eigenvalue weighted by Crippen LogP contribution is 2.23. The van der Waals surface area contributed by atoms with E-state index in [0.29, 0.717) is 12.0 Å². The number of nitrogens with zero attached hydrogens (tertiary/aromatic N) is 2. The maximum absolute atomic E-state index is 14.4. The summed E-state index contributed by atoms with van der Waals surface area (Å²) in [6, 6.07) is 18.7. The van der Waals surface area contributed by atoms with Gasteiger partial charge < -0.3 is 26.0 Å². The molecule has 4 N–H and O–H groups in total. The lowest BCUT2D eigenvalue weighted by molar-refractivity contribution is -0.146. The molecule has 0 saturated heterocycles. The lowest BCUT2D eigenvalue weighted by Gasteiger charge is -2.35. The number of halogens is 2. The summed E-state index contributed by atoms with van der Waals surface area (Å²) in [6.45, 7) is 8.98. The van der Waals surface area contributed by atoms with Crippen LogP contribution in [0.15, 0.2) is 84.4 Å². The Kier molecular flexibility index (Phi) is 13.4. The van der Waals surface area contributed by atoms with Gasteiger partial charge >= 0.3 is 0 Å². The minimum atomic E-state index is -1.14. The van der Waals surface area contributed by atoms with Crippen LogP contribution >= 0.6 is 0 Å². The van der Waals surface area contributed by atoms with E-state index in [1.807, 2.05) is 75.4 Å². The van der Waals surface area contributed by atoms with Crippen molar-refractivity contribution in [3.8, 4) is 11.1 Å². The summed E-state index contributed by atoms with van der Waals surface area (Å²) in [6.07, 6.45) is 1.96. The molecule has 3 aromatic rings. The molecule has 0 radical (unpaired) electrons. The first-order valence-electron chi connectivity index (χ1n) is 16.4. The van der Waals surface area contributed by atoms with Crippen molar-refractivity contribution in [2.75, 3.05) is 27.2 Å². The van der Waals surface area contributed by atoms with Crippen LogP contribution in [0, 0.1) is 17.0 Å². The Morgan fingerprint density at radius 3 is 1.98 bits per heavy atom. The molecule has 3 rings (SSSR count). The Hall–Kier alpha value is -4.41. The van der Waals surface area contributed by atoms with Crippen LogP contribution in [-0.2, 0) is 27.2 Å². The third-order valence-corrected chi connectivity index (χ3v) is 8.39. The molecule has 0 unspecified atom stereocenters. The maximum atomic E-state index is 14.4. The van der Waals surface area contributed by atoms with E-state index in [9.17, 15) is 28.3 Å². The number of rotatable bonds is 15. The van der Waals surface area contributed by atoms with E-state index >= 15 is 0 Å². The van der Waals surface area contributed by atoms with Crippen LogP contribution in [0.25, 0.3) is 11.1 Å². The summed E-state index contributed by atoms with van der Waals surface area (Å²) in [4.78, 5) is 44.4. The zero-order chi connectivity index (χ0) is 36.5. The van der Waals surface area contributed by atoms with Gasteiger partial charge in [0.2, 0.25) is 17.7 Å². The molecule has 0 aliphatic heterocycles. The SMILES string of the molecule is CC(=CC(=O)N(C)[C@H](Cc1ccc(-c2ccccc2)cc1)C(=O)N(C)[C@H](Cc1ccc(F)c(F)c1)C(=O)NCC(C)(C)CO)CC(C)(C)N. The van der Waals surface area contributed by atoms with Crippen molar-refractivity contribution in [1.82, 2.24) is 15.1 Å². The molecule has 2 atom stereocenters. The Labute approximate surface area is 289 Å². The van der Waals surface area contributed by atoms with Gasteiger partial charge in [-0.1, -0.05) is 80.1 Å². The number of hydrogen-bond acceptors (Lipinski definition) is 5. The zero-order valence-electron chi connectivity index (χ0n) is 29.6. The molecule has 8 nitrogen and oxygen atoms in total. The fourth-order valence-electron chi connectivity index (χ4n) is 5.50. The number of carbonyl (C=O) groups is 3. The molecule has 3 aromatic carbocycles. The number of aliphatic hydroxyl groups excluding tert-OH is 1. The van der Waals surface area contributed by atoms with Gasteiger partial charge in [0.15, 0.2) is 11.6 Å². The third-order valence-electron chi connectivity index (χ3n) is 8.39. The van der Waals surface area contributed by atoms with Crippen LogP contribution in [0.3, 0.4) is 0 Å². The van der Waals surface area contributed by atoms with Gasteiger partial charge in [-0.05, 0) is 61.6 Å². The predicted molar refractivity (Wildman–Crippen MR) is 189 cm³/mol. The van der Waals surface area contributed by atoms with E-state index in [-0.39, 0.29) is 26.0 Å². The second-order valence-electron chi connectivity index (χ2n) is 14.3. The summed E-state index contributed by atoms with van der Waals surface area (Å²) >= 11 is 0. The topological polar surface area (TPSA) is 116 Å². The molecule has 264 valence electrons. The Morgan fingerprint density at radius 1 is 0.837 bits per heavy atom. The lowest BCUT2D eigenvalue weighted by atomic mass is 9.94. The highest BCUT2D eigenvalue weighted by molar-refractivity contribution is 5.95. The average molecular weight is 677 g/mol. The van der Waals surface area contributed by atoms with Gasteiger partial charge in [0.25, 0.3) is 0 Å². The Morgan fingerprint density at radius 2 is 1.41 bits per heavy atom. The van der Waals surface area contributed by atoms with Crippen molar-refractivity contribution in [2.45, 2.75) is 71.5 Å². The van der Waals surface area contributed by atoms with Crippen LogP contribution in [0.1, 0.15) is 52.2 Å². The van der Waals surface area contributed by atoms with Crippen molar-refractivity contribution in [2.24, 2.45) is 11.1 Å². The lowest BCUT2D eigenvalue weighted by Crippen LogP contribution is -2.56. The Balaban J connectivity index is 2.00. The molecule has 0 fully saturated rings. The summed E-state index contributed by atoms with van der Waals surface area (Å²) in [5, 5.41) is 12.5.